The Morgan fingerprint density at radius 2 is 1.79 bits per heavy atom. The summed E-state index contributed by atoms with van der Waals surface area (Å²) in [6, 6.07) is 14.3. The number of carbonyl (C=O) groups is 1. The number of nitrogens with one attached hydrogen (secondary N) is 1. The van der Waals surface area contributed by atoms with Crippen molar-refractivity contribution in [2.45, 2.75) is 39.4 Å². The fourth-order valence-corrected chi connectivity index (χ4v) is 2.32. The number of anilines is 1. The highest BCUT2D eigenvalue weighted by atomic mass is 35.5. The van der Waals surface area contributed by atoms with Crippen molar-refractivity contribution in [2.24, 2.45) is 0 Å². The molecule has 0 bridgehead atoms. The van der Waals surface area contributed by atoms with Gasteiger partial charge in [-0.25, -0.2) is 0 Å². The zero-order valence-corrected chi connectivity index (χ0v) is 14.8. The van der Waals surface area contributed by atoms with Crippen molar-refractivity contribution in [3.8, 4) is 11.5 Å². The van der Waals surface area contributed by atoms with E-state index in [1.165, 1.54) is 0 Å². The molecule has 1 atom stereocenters. The van der Waals surface area contributed by atoms with Gasteiger partial charge in [-0.15, -0.1) is 0 Å². The Balaban J connectivity index is 1.98. The van der Waals surface area contributed by atoms with E-state index in [0.29, 0.717) is 22.9 Å². The van der Waals surface area contributed by atoms with Gasteiger partial charge in [0, 0.05) is 10.7 Å². The molecule has 0 saturated heterocycles. The highest BCUT2D eigenvalue weighted by Crippen LogP contribution is 2.21. The van der Waals surface area contributed by atoms with Crippen LogP contribution in [-0.4, -0.2) is 18.1 Å². The minimum Gasteiger partial charge on any atom is -0.491 e. The lowest BCUT2D eigenvalue weighted by atomic mass is 10.2. The molecular weight excluding hydrogens is 326 g/mol. The predicted molar refractivity (Wildman–Crippen MR) is 97.0 cm³/mol. The minimum absolute atomic E-state index is 0.112. The van der Waals surface area contributed by atoms with Crippen LogP contribution in [0.3, 0.4) is 0 Å². The largest absolute Gasteiger partial charge is 0.491 e. The Kier molecular flexibility index (Phi) is 6.50. The predicted octanol–water partition coefficient (Wildman–Crippen LogP) is 4.92. The molecule has 0 aliphatic heterocycles. The number of rotatable bonds is 7. The molecule has 0 aliphatic rings. The first kappa shape index (κ1) is 18.1. The second-order valence-electron chi connectivity index (χ2n) is 5.65. The van der Waals surface area contributed by atoms with Crippen LogP contribution in [0.5, 0.6) is 11.5 Å². The maximum atomic E-state index is 12.4. The summed E-state index contributed by atoms with van der Waals surface area (Å²) in [4.78, 5) is 12.4. The van der Waals surface area contributed by atoms with Crippen LogP contribution in [0.25, 0.3) is 0 Å². The quantitative estimate of drug-likeness (QED) is 0.773. The first-order chi connectivity index (χ1) is 11.5. The number of ether oxygens (including phenoxy) is 2. The first-order valence-corrected chi connectivity index (χ1v) is 8.35. The summed E-state index contributed by atoms with van der Waals surface area (Å²) in [5.41, 5.74) is 0.698. The molecule has 0 fully saturated rings. The number of amides is 1. The van der Waals surface area contributed by atoms with Crippen LogP contribution in [-0.2, 0) is 4.79 Å². The normalized spacial score (nSPS) is 11.9. The Hall–Kier alpha value is -2.20. The van der Waals surface area contributed by atoms with Gasteiger partial charge in [-0.05, 0) is 62.7 Å². The lowest BCUT2D eigenvalue weighted by Gasteiger charge is -2.17. The van der Waals surface area contributed by atoms with E-state index < -0.39 is 6.10 Å². The molecule has 0 unspecified atom stereocenters. The van der Waals surface area contributed by atoms with Gasteiger partial charge in [0.25, 0.3) is 5.91 Å². The van der Waals surface area contributed by atoms with E-state index in [-0.39, 0.29) is 12.0 Å². The number of carbonyl (C=O) groups excluding carboxylic acids is 1. The Morgan fingerprint density at radius 1 is 1.08 bits per heavy atom. The van der Waals surface area contributed by atoms with Gasteiger partial charge < -0.3 is 14.8 Å². The smallest absolute Gasteiger partial charge is 0.265 e. The average Bonchev–Trinajstić information content (AvgIpc) is 2.54. The van der Waals surface area contributed by atoms with Crippen LogP contribution in [0, 0.1) is 0 Å². The highest BCUT2D eigenvalue weighted by molar-refractivity contribution is 6.30. The number of hydrogen-bond acceptors (Lipinski definition) is 3. The lowest BCUT2D eigenvalue weighted by molar-refractivity contribution is -0.122. The average molecular weight is 348 g/mol. The van der Waals surface area contributed by atoms with Gasteiger partial charge in [0.1, 0.15) is 11.5 Å². The molecule has 2 aromatic carbocycles. The van der Waals surface area contributed by atoms with Crippen molar-refractivity contribution in [2.75, 3.05) is 5.32 Å². The van der Waals surface area contributed by atoms with Gasteiger partial charge in [0.05, 0.1) is 6.10 Å². The van der Waals surface area contributed by atoms with Gasteiger partial charge >= 0.3 is 0 Å². The number of benzene rings is 2. The van der Waals surface area contributed by atoms with Crippen molar-refractivity contribution in [3.63, 3.8) is 0 Å². The standard InChI is InChI=1S/C19H22ClNO3/c1-4-18(24-17-7-5-6-14(20)12-17)19(22)21-15-8-10-16(11-9-15)23-13(2)3/h5-13,18H,4H2,1-3H3,(H,21,22)/t18-/m0/s1. The molecule has 2 aromatic rings. The maximum absolute atomic E-state index is 12.4. The molecule has 0 aliphatic carbocycles. The molecule has 1 N–H and O–H groups in total. The Morgan fingerprint density at radius 3 is 2.38 bits per heavy atom. The van der Waals surface area contributed by atoms with Crippen molar-refractivity contribution >= 4 is 23.2 Å². The summed E-state index contributed by atoms with van der Waals surface area (Å²) in [6.45, 7) is 5.83. The van der Waals surface area contributed by atoms with E-state index >= 15 is 0 Å². The van der Waals surface area contributed by atoms with Crippen LogP contribution < -0.4 is 14.8 Å². The molecule has 2 rings (SSSR count). The minimum atomic E-state index is -0.588. The van der Waals surface area contributed by atoms with E-state index in [4.69, 9.17) is 21.1 Å². The van der Waals surface area contributed by atoms with Crippen LogP contribution in [0.2, 0.25) is 5.02 Å². The summed E-state index contributed by atoms with van der Waals surface area (Å²) in [5.74, 6) is 1.14. The molecule has 1 amide bonds. The van der Waals surface area contributed by atoms with E-state index in [1.807, 2.05) is 45.0 Å². The molecule has 0 radical (unpaired) electrons. The summed E-state index contributed by atoms with van der Waals surface area (Å²) in [5, 5.41) is 3.43. The maximum Gasteiger partial charge on any atom is 0.265 e. The Bertz CT molecular complexity index is 671. The van der Waals surface area contributed by atoms with E-state index in [0.717, 1.165) is 5.75 Å². The number of hydrogen-bond donors (Lipinski definition) is 1. The molecule has 5 heteroatoms. The van der Waals surface area contributed by atoms with Crippen molar-refractivity contribution in [1.82, 2.24) is 0 Å². The second kappa shape index (κ2) is 8.60. The summed E-state index contributed by atoms with van der Waals surface area (Å²) in [6.07, 6.45) is 0.0726. The van der Waals surface area contributed by atoms with Crippen LogP contribution in [0.4, 0.5) is 5.69 Å². The molecule has 0 aromatic heterocycles. The van der Waals surface area contributed by atoms with Gasteiger partial charge in [0.15, 0.2) is 6.10 Å². The van der Waals surface area contributed by atoms with Crippen molar-refractivity contribution in [1.29, 1.82) is 0 Å². The third-order valence-corrected chi connectivity index (χ3v) is 3.47. The topological polar surface area (TPSA) is 47.6 Å². The van der Waals surface area contributed by atoms with Gasteiger partial charge in [-0.3, -0.25) is 4.79 Å². The molecule has 0 heterocycles. The summed E-state index contributed by atoms with van der Waals surface area (Å²) < 4.78 is 11.3. The third-order valence-electron chi connectivity index (χ3n) is 3.23. The van der Waals surface area contributed by atoms with E-state index in [2.05, 4.69) is 5.32 Å². The van der Waals surface area contributed by atoms with E-state index in [1.54, 1.807) is 24.3 Å². The zero-order valence-electron chi connectivity index (χ0n) is 14.1. The van der Waals surface area contributed by atoms with Crippen molar-refractivity contribution in [3.05, 3.63) is 53.6 Å². The van der Waals surface area contributed by atoms with Crippen LogP contribution in [0.15, 0.2) is 48.5 Å². The summed E-state index contributed by atoms with van der Waals surface area (Å²) >= 11 is 5.94. The molecule has 4 nitrogen and oxygen atoms in total. The third kappa shape index (κ3) is 5.46. The first-order valence-electron chi connectivity index (χ1n) is 7.97. The van der Waals surface area contributed by atoms with Crippen LogP contribution in [0.1, 0.15) is 27.2 Å². The van der Waals surface area contributed by atoms with Crippen molar-refractivity contribution < 1.29 is 14.3 Å². The molecule has 0 saturated carbocycles. The van der Waals surface area contributed by atoms with Gasteiger partial charge in [-0.2, -0.15) is 0 Å². The molecule has 24 heavy (non-hydrogen) atoms. The lowest BCUT2D eigenvalue weighted by Crippen LogP contribution is -2.32. The number of halogens is 1. The molecular formula is C19H22ClNO3. The van der Waals surface area contributed by atoms with E-state index in [9.17, 15) is 4.79 Å². The highest BCUT2D eigenvalue weighted by Gasteiger charge is 2.18. The van der Waals surface area contributed by atoms with Gasteiger partial charge in [0.2, 0.25) is 0 Å². The van der Waals surface area contributed by atoms with Crippen LogP contribution >= 0.6 is 11.6 Å². The molecule has 0 spiro atoms. The fraction of sp³-hybridized carbons (Fsp3) is 0.316. The Labute approximate surface area is 147 Å². The fourth-order valence-electron chi connectivity index (χ4n) is 2.14. The SMILES string of the molecule is CC[C@H](Oc1cccc(Cl)c1)C(=O)Nc1ccc(OC(C)C)cc1. The zero-order chi connectivity index (χ0) is 17.5. The monoisotopic (exact) mass is 347 g/mol. The van der Waals surface area contributed by atoms with Gasteiger partial charge in [-0.1, -0.05) is 24.6 Å². The second-order valence-corrected chi connectivity index (χ2v) is 6.09. The summed E-state index contributed by atoms with van der Waals surface area (Å²) in [7, 11) is 0. The molecule has 128 valence electrons.